The highest BCUT2D eigenvalue weighted by atomic mass is 16.5. The summed E-state index contributed by atoms with van der Waals surface area (Å²) in [5, 5.41) is 2.95. The minimum atomic E-state index is -0.252. The molecule has 24 heavy (non-hydrogen) atoms. The number of rotatable bonds is 6. The van der Waals surface area contributed by atoms with Crippen LogP contribution in [0.1, 0.15) is 24.8 Å². The molecule has 2 atom stereocenters. The summed E-state index contributed by atoms with van der Waals surface area (Å²) in [4.78, 5) is 26.0. The molecule has 0 aliphatic carbocycles. The molecule has 0 radical (unpaired) electrons. The third-order valence-corrected chi connectivity index (χ3v) is 4.69. The predicted octanol–water partition coefficient (Wildman–Crippen LogP) is 1.28. The number of esters is 1. The highest BCUT2D eigenvalue weighted by Gasteiger charge is 2.32. The summed E-state index contributed by atoms with van der Waals surface area (Å²) < 4.78 is 10.3. The zero-order chi connectivity index (χ0) is 16.9. The lowest BCUT2D eigenvalue weighted by Crippen LogP contribution is -2.43. The molecule has 0 aromatic heterocycles. The lowest BCUT2D eigenvalue weighted by Gasteiger charge is -2.26. The van der Waals surface area contributed by atoms with Gasteiger partial charge in [0.1, 0.15) is 0 Å². The molecule has 2 heterocycles. The van der Waals surface area contributed by atoms with E-state index in [0.717, 1.165) is 31.6 Å². The van der Waals surface area contributed by atoms with E-state index in [1.807, 2.05) is 29.2 Å². The van der Waals surface area contributed by atoms with E-state index in [2.05, 4.69) is 5.32 Å². The van der Waals surface area contributed by atoms with E-state index in [1.54, 1.807) is 0 Å². The van der Waals surface area contributed by atoms with Gasteiger partial charge in [-0.25, -0.2) is 0 Å². The maximum atomic E-state index is 12.3. The average molecular weight is 332 g/mol. The van der Waals surface area contributed by atoms with Crippen molar-refractivity contribution in [2.75, 3.05) is 31.7 Å². The summed E-state index contributed by atoms with van der Waals surface area (Å²) in [5.41, 5.74) is 2.19. The van der Waals surface area contributed by atoms with Crippen LogP contribution >= 0.6 is 0 Å². The topological polar surface area (TPSA) is 67.9 Å². The Labute approximate surface area is 142 Å². The first-order valence-electron chi connectivity index (χ1n) is 8.47. The summed E-state index contributed by atoms with van der Waals surface area (Å²) in [6, 6.07) is 7.94. The molecular weight excluding hydrogens is 308 g/mol. The van der Waals surface area contributed by atoms with E-state index in [1.165, 1.54) is 12.7 Å². The molecule has 2 aliphatic heterocycles. The van der Waals surface area contributed by atoms with Gasteiger partial charge in [0.15, 0.2) is 0 Å². The first-order valence-corrected chi connectivity index (χ1v) is 8.47. The fourth-order valence-corrected chi connectivity index (χ4v) is 3.44. The molecule has 1 aromatic carbocycles. The van der Waals surface area contributed by atoms with Gasteiger partial charge >= 0.3 is 5.97 Å². The summed E-state index contributed by atoms with van der Waals surface area (Å²) in [7, 11) is 1.39. The van der Waals surface area contributed by atoms with Gasteiger partial charge in [-0.3, -0.25) is 9.59 Å². The molecule has 0 bridgehead atoms. The number of methoxy groups -OCH3 is 1. The first kappa shape index (κ1) is 16.8. The molecule has 1 saturated heterocycles. The molecule has 0 saturated carbocycles. The number of carbonyl (C=O) groups is 2. The van der Waals surface area contributed by atoms with Crippen LogP contribution in [0.3, 0.4) is 0 Å². The zero-order valence-corrected chi connectivity index (χ0v) is 14.0. The Kier molecular flexibility index (Phi) is 5.35. The van der Waals surface area contributed by atoms with Crippen LogP contribution in [0.15, 0.2) is 24.3 Å². The van der Waals surface area contributed by atoms with Crippen LogP contribution < -0.4 is 10.2 Å². The predicted molar refractivity (Wildman–Crippen MR) is 89.9 cm³/mol. The Morgan fingerprint density at radius 3 is 2.96 bits per heavy atom. The number of nitrogens with zero attached hydrogens (tertiary/aromatic N) is 1. The molecule has 6 heteroatoms. The zero-order valence-electron chi connectivity index (χ0n) is 14.0. The number of para-hydroxylation sites is 1. The summed E-state index contributed by atoms with van der Waals surface area (Å²) >= 11 is 0. The number of carbonyl (C=O) groups excluding carboxylic acids is 2. The molecule has 2 aliphatic rings. The Hall–Kier alpha value is -2.08. The van der Waals surface area contributed by atoms with Gasteiger partial charge in [0, 0.05) is 24.9 Å². The van der Waals surface area contributed by atoms with Crippen molar-refractivity contribution in [2.24, 2.45) is 0 Å². The number of amides is 1. The van der Waals surface area contributed by atoms with Crippen LogP contribution in [0.25, 0.3) is 0 Å². The molecule has 1 amide bonds. The maximum absolute atomic E-state index is 12.3. The van der Waals surface area contributed by atoms with E-state index >= 15 is 0 Å². The maximum Gasteiger partial charge on any atom is 0.307 e. The van der Waals surface area contributed by atoms with Crippen molar-refractivity contribution >= 4 is 17.6 Å². The van der Waals surface area contributed by atoms with Crippen molar-refractivity contribution in [3.63, 3.8) is 0 Å². The van der Waals surface area contributed by atoms with Crippen LogP contribution in [0.4, 0.5) is 5.69 Å². The van der Waals surface area contributed by atoms with E-state index in [4.69, 9.17) is 9.47 Å². The van der Waals surface area contributed by atoms with E-state index in [-0.39, 0.29) is 37.0 Å². The highest BCUT2D eigenvalue weighted by molar-refractivity contribution is 5.83. The van der Waals surface area contributed by atoms with Crippen molar-refractivity contribution in [2.45, 2.75) is 37.8 Å². The quantitative estimate of drug-likeness (QED) is 0.795. The van der Waals surface area contributed by atoms with Crippen LogP contribution in [-0.2, 0) is 25.5 Å². The molecule has 0 spiro atoms. The van der Waals surface area contributed by atoms with Crippen molar-refractivity contribution in [3.8, 4) is 0 Å². The second-order valence-corrected chi connectivity index (χ2v) is 6.33. The minimum absolute atomic E-state index is 0.0386. The van der Waals surface area contributed by atoms with Crippen LogP contribution in [-0.4, -0.2) is 50.8 Å². The van der Waals surface area contributed by atoms with Gasteiger partial charge in [0.2, 0.25) is 5.91 Å². The number of fused-ring (bicyclic) bond motifs is 1. The molecule has 1 aromatic rings. The largest absolute Gasteiger partial charge is 0.469 e. The lowest BCUT2D eigenvalue weighted by molar-refractivity contribution is -0.141. The van der Waals surface area contributed by atoms with Gasteiger partial charge in [-0.1, -0.05) is 18.2 Å². The third-order valence-electron chi connectivity index (χ3n) is 4.69. The Morgan fingerprint density at radius 2 is 2.21 bits per heavy atom. The van der Waals surface area contributed by atoms with Gasteiger partial charge in [0.25, 0.3) is 0 Å². The van der Waals surface area contributed by atoms with E-state index < -0.39 is 0 Å². The second kappa shape index (κ2) is 7.66. The minimum Gasteiger partial charge on any atom is -0.469 e. The van der Waals surface area contributed by atoms with Gasteiger partial charge in [-0.05, 0) is 30.9 Å². The molecule has 1 N–H and O–H groups in total. The Balaban J connectivity index is 1.62. The van der Waals surface area contributed by atoms with Crippen LogP contribution in [0, 0.1) is 0 Å². The molecule has 3 rings (SSSR count). The number of benzene rings is 1. The van der Waals surface area contributed by atoms with E-state index in [0.29, 0.717) is 6.54 Å². The monoisotopic (exact) mass is 332 g/mol. The molecule has 1 fully saturated rings. The molecule has 130 valence electrons. The summed E-state index contributed by atoms with van der Waals surface area (Å²) in [6.45, 7) is 1.57. The standard InChI is InChI=1S/C18H24N2O4/c1-23-18(22)10-14-9-13-5-2-3-7-16(13)20(14)12-17(21)19-11-15-6-4-8-24-15/h2-3,5,7,14-15H,4,6,8-12H2,1H3,(H,19,21)/t14-,15-/m1/s1. The first-order chi connectivity index (χ1) is 11.7. The Bertz CT molecular complexity index is 598. The van der Waals surface area contributed by atoms with Crippen molar-refractivity contribution in [1.29, 1.82) is 0 Å². The van der Waals surface area contributed by atoms with Crippen LogP contribution in [0.5, 0.6) is 0 Å². The molecule has 0 unspecified atom stereocenters. The second-order valence-electron chi connectivity index (χ2n) is 6.33. The number of anilines is 1. The van der Waals surface area contributed by atoms with Crippen molar-refractivity contribution in [1.82, 2.24) is 5.32 Å². The molecule has 6 nitrogen and oxygen atoms in total. The molecular formula is C18H24N2O4. The van der Waals surface area contributed by atoms with Gasteiger partial charge in [-0.15, -0.1) is 0 Å². The van der Waals surface area contributed by atoms with Crippen molar-refractivity contribution in [3.05, 3.63) is 29.8 Å². The van der Waals surface area contributed by atoms with Crippen molar-refractivity contribution < 1.29 is 19.1 Å². The Morgan fingerprint density at radius 1 is 1.38 bits per heavy atom. The summed E-state index contributed by atoms with van der Waals surface area (Å²) in [6.07, 6.45) is 3.22. The smallest absolute Gasteiger partial charge is 0.307 e. The number of nitrogens with one attached hydrogen (secondary N) is 1. The van der Waals surface area contributed by atoms with Gasteiger partial charge < -0.3 is 19.7 Å². The number of hydrogen-bond acceptors (Lipinski definition) is 5. The normalized spacial score (nSPS) is 22.3. The number of ether oxygens (including phenoxy) is 2. The van der Waals surface area contributed by atoms with Gasteiger partial charge in [-0.2, -0.15) is 0 Å². The van der Waals surface area contributed by atoms with E-state index in [9.17, 15) is 9.59 Å². The summed E-state index contributed by atoms with van der Waals surface area (Å²) in [5.74, 6) is -0.297. The SMILES string of the molecule is COC(=O)C[C@H]1Cc2ccccc2N1CC(=O)NC[C@H]1CCCO1. The third kappa shape index (κ3) is 3.87. The fourth-order valence-electron chi connectivity index (χ4n) is 3.44. The average Bonchev–Trinajstić information content (AvgIpc) is 3.21. The lowest BCUT2D eigenvalue weighted by atomic mass is 10.1. The van der Waals surface area contributed by atoms with Gasteiger partial charge in [0.05, 0.1) is 26.2 Å². The van der Waals surface area contributed by atoms with Crippen LogP contribution in [0.2, 0.25) is 0 Å². The fraction of sp³-hybridized carbons (Fsp3) is 0.556. The number of hydrogen-bond donors (Lipinski definition) is 1. The highest BCUT2D eigenvalue weighted by Crippen LogP contribution is 2.33.